The van der Waals surface area contributed by atoms with Crippen LogP contribution >= 0.6 is 11.6 Å². The summed E-state index contributed by atoms with van der Waals surface area (Å²) < 4.78 is 56.7. The number of para-hydroxylation sites is 1. The first-order valence-electron chi connectivity index (χ1n) is 8.00. The van der Waals surface area contributed by atoms with Crippen molar-refractivity contribution in [2.24, 2.45) is 0 Å². The minimum atomic E-state index is -3.99. The van der Waals surface area contributed by atoms with Crippen molar-refractivity contribution in [1.82, 2.24) is 0 Å². The molecule has 3 aromatic carbocycles. The van der Waals surface area contributed by atoms with E-state index in [1.165, 1.54) is 30.3 Å². The number of rotatable bonds is 6. The lowest BCUT2D eigenvalue weighted by Crippen LogP contribution is -2.13. The minimum Gasteiger partial charge on any atom is -0.455 e. The van der Waals surface area contributed by atoms with Crippen LogP contribution in [0.4, 0.5) is 5.69 Å². The van der Waals surface area contributed by atoms with Crippen molar-refractivity contribution in [3.63, 3.8) is 0 Å². The molecule has 0 aliphatic rings. The Kier molecular flexibility index (Phi) is 5.64. The van der Waals surface area contributed by atoms with Crippen molar-refractivity contribution in [2.75, 3.05) is 11.0 Å². The van der Waals surface area contributed by atoms with Crippen LogP contribution in [0.3, 0.4) is 0 Å². The molecule has 0 spiro atoms. The van der Waals surface area contributed by atoms with Crippen molar-refractivity contribution in [3.8, 4) is 11.5 Å². The summed E-state index contributed by atoms with van der Waals surface area (Å²) in [6, 6.07) is 18.4. The van der Waals surface area contributed by atoms with Crippen LogP contribution in [0, 0.1) is 0 Å². The molecule has 3 aromatic rings. The Morgan fingerprint density at radius 1 is 0.821 bits per heavy atom. The van der Waals surface area contributed by atoms with Gasteiger partial charge in [0, 0.05) is 11.3 Å². The highest BCUT2D eigenvalue weighted by Gasteiger charge is 2.18. The van der Waals surface area contributed by atoms with E-state index in [-0.39, 0.29) is 21.2 Å². The molecule has 0 fully saturated rings. The van der Waals surface area contributed by atoms with Gasteiger partial charge in [0.2, 0.25) is 0 Å². The monoisotopic (exact) mass is 437 g/mol. The molecule has 0 bridgehead atoms. The Bertz CT molecular complexity index is 1190. The maximum atomic E-state index is 12.7. The van der Waals surface area contributed by atoms with Gasteiger partial charge in [-0.25, -0.2) is 16.8 Å². The summed E-state index contributed by atoms with van der Waals surface area (Å²) in [4.78, 5) is -0.0622. The van der Waals surface area contributed by atoms with Crippen LogP contribution in [-0.4, -0.2) is 23.1 Å². The second kappa shape index (κ2) is 7.83. The van der Waals surface area contributed by atoms with Crippen LogP contribution in [0.1, 0.15) is 0 Å². The molecule has 0 unspecified atom stereocenters. The number of anilines is 1. The third-order valence-corrected chi connectivity index (χ3v) is 6.46. The van der Waals surface area contributed by atoms with Crippen molar-refractivity contribution in [3.05, 3.63) is 77.8 Å². The zero-order valence-electron chi connectivity index (χ0n) is 14.7. The summed E-state index contributed by atoms with van der Waals surface area (Å²) in [7, 11) is -7.41. The first-order chi connectivity index (χ1) is 13.1. The van der Waals surface area contributed by atoms with Crippen LogP contribution in [0.5, 0.6) is 11.5 Å². The molecule has 0 amide bonds. The van der Waals surface area contributed by atoms with Crippen molar-refractivity contribution < 1.29 is 21.6 Å². The second-order valence-electron chi connectivity index (χ2n) is 5.90. The minimum absolute atomic E-state index is 0.0299. The zero-order chi connectivity index (χ0) is 20.4. The van der Waals surface area contributed by atoms with Gasteiger partial charge in [0.1, 0.15) is 5.75 Å². The summed E-state index contributed by atoms with van der Waals surface area (Å²) in [5.41, 5.74) is 0.156. The van der Waals surface area contributed by atoms with E-state index in [1.54, 1.807) is 36.4 Å². The molecule has 9 heteroatoms. The third-order valence-electron chi connectivity index (χ3n) is 3.72. The molecule has 0 aliphatic carbocycles. The van der Waals surface area contributed by atoms with Crippen LogP contribution in [-0.2, 0) is 19.9 Å². The smallest absolute Gasteiger partial charge is 0.262 e. The molecular formula is C19H16ClNO5S2. The highest BCUT2D eigenvalue weighted by atomic mass is 35.5. The van der Waals surface area contributed by atoms with Crippen LogP contribution in [0.25, 0.3) is 0 Å². The van der Waals surface area contributed by atoms with Crippen molar-refractivity contribution >= 4 is 37.1 Å². The van der Waals surface area contributed by atoms with E-state index < -0.39 is 19.9 Å². The van der Waals surface area contributed by atoms with Crippen LogP contribution in [0.15, 0.2) is 82.6 Å². The average Bonchev–Trinajstić information content (AvgIpc) is 2.64. The average molecular weight is 438 g/mol. The number of sulfonamides is 1. The molecule has 0 radical (unpaired) electrons. The van der Waals surface area contributed by atoms with Crippen LogP contribution in [0.2, 0.25) is 5.02 Å². The summed E-state index contributed by atoms with van der Waals surface area (Å²) in [6.45, 7) is 0. The Morgan fingerprint density at radius 2 is 1.43 bits per heavy atom. The van der Waals surface area contributed by atoms with E-state index in [9.17, 15) is 16.8 Å². The molecule has 28 heavy (non-hydrogen) atoms. The maximum absolute atomic E-state index is 12.7. The molecule has 0 saturated carbocycles. The summed E-state index contributed by atoms with van der Waals surface area (Å²) in [6.07, 6.45) is 1.05. The van der Waals surface area contributed by atoms with Gasteiger partial charge in [-0.2, -0.15) is 0 Å². The molecule has 0 heterocycles. The van der Waals surface area contributed by atoms with Gasteiger partial charge >= 0.3 is 0 Å². The topological polar surface area (TPSA) is 89.5 Å². The molecular weight excluding hydrogens is 422 g/mol. The van der Waals surface area contributed by atoms with Gasteiger partial charge in [-0.1, -0.05) is 29.8 Å². The lowest BCUT2D eigenvalue weighted by Gasteiger charge is -2.14. The van der Waals surface area contributed by atoms with Crippen molar-refractivity contribution in [2.45, 2.75) is 9.79 Å². The fraction of sp³-hybridized carbons (Fsp3) is 0.0526. The molecule has 3 rings (SSSR count). The number of hydrogen-bond acceptors (Lipinski definition) is 5. The van der Waals surface area contributed by atoms with Crippen LogP contribution < -0.4 is 9.46 Å². The van der Waals surface area contributed by atoms with Gasteiger partial charge < -0.3 is 4.74 Å². The molecule has 146 valence electrons. The van der Waals surface area contributed by atoms with E-state index in [2.05, 4.69) is 4.72 Å². The summed E-state index contributed by atoms with van der Waals surface area (Å²) >= 11 is 6.01. The van der Waals surface area contributed by atoms with Gasteiger partial charge in [-0.3, -0.25) is 4.72 Å². The van der Waals surface area contributed by atoms with E-state index >= 15 is 0 Å². The highest BCUT2D eigenvalue weighted by Crippen LogP contribution is 2.33. The predicted octanol–water partition coefficient (Wildman–Crippen LogP) is 4.34. The molecule has 6 nitrogen and oxygen atoms in total. The first-order valence-corrected chi connectivity index (χ1v) is 11.8. The van der Waals surface area contributed by atoms with E-state index in [0.29, 0.717) is 10.8 Å². The lowest BCUT2D eigenvalue weighted by atomic mass is 10.3. The first kappa shape index (κ1) is 20.2. The number of nitrogens with one attached hydrogen (secondary N) is 1. The van der Waals surface area contributed by atoms with Gasteiger partial charge in [0.05, 0.1) is 15.5 Å². The third kappa shape index (κ3) is 4.83. The number of halogens is 1. The maximum Gasteiger partial charge on any atom is 0.262 e. The van der Waals surface area contributed by atoms with Gasteiger partial charge in [-0.05, 0) is 54.6 Å². The van der Waals surface area contributed by atoms with Gasteiger partial charge in [-0.15, -0.1) is 0 Å². The highest BCUT2D eigenvalue weighted by molar-refractivity contribution is 7.92. The fourth-order valence-corrected chi connectivity index (χ4v) is 4.22. The molecule has 0 aliphatic heterocycles. The molecule has 0 aromatic heterocycles. The van der Waals surface area contributed by atoms with E-state index in [4.69, 9.17) is 16.3 Å². The molecule has 0 atom stereocenters. The largest absolute Gasteiger partial charge is 0.455 e. The standard InChI is InChI=1S/C19H16ClNO5S2/c1-27(22,23)16-8-10-17(11-9-16)28(24,25)21-18-13-14(20)7-12-19(18)26-15-5-3-2-4-6-15/h2-13,21H,1H3. The molecule has 1 N–H and O–H groups in total. The lowest BCUT2D eigenvalue weighted by molar-refractivity contribution is 0.485. The number of hydrogen-bond donors (Lipinski definition) is 1. The summed E-state index contributed by atoms with van der Waals surface area (Å²) in [5.74, 6) is 0.801. The number of sulfone groups is 1. The zero-order valence-corrected chi connectivity index (χ0v) is 17.1. The summed E-state index contributed by atoms with van der Waals surface area (Å²) in [5, 5.41) is 0.325. The van der Waals surface area contributed by atoms with Gasteiger partial charge in [0.25, 0.3) is 10.0 Å². The number of ether oxygens (including phenoxy) is 1. The SMILES string of the molecule is CS(=O)(=O)c1ccc(S(=O)(=O)Nc2cc(Cl)ccc2Oc2ccccc2)cc1. The van der Waals surface area contributed by atoms with Crippen molar-refractivity contribution in [1.29, 1.82) is 0 Å². The Hall–Kier alpha value is -2.55. The molecule has 0 saturated heterocycles. The van der Waals surface area contributed by atoms with E-state index in [0.717, 1.165) is 6.26 Å². The quantitative estimate of drug-likeness (QED) is 0.619. The number of benzene rings is 3. The predicted molar refractivity (Wildman–Crippen MR) is 108 cm³/mol. The van der Waals surface area contributed by atoms with Gasteiger partial charge in [0.15, 0.2) is 15.6 Å². The second-order valence-corrected chi connectivity index (χ2v) is 10.0. The Balaban J connectivity index is 1.92. The fourth-order valence-electron chi connectivity index (χ4n) is 2.36. The normalized spacial score (nSPS) is 11.8. The Morgan fingerprint density at radius 3 is 2.04 bits per heavy atom. The Labute approximate surface area is 168 Å². The van der Waals surface area contributed by atoms with E-state index in [1.807, 2.05) is 6.07 Å².